The molecule has 2 aromatic rings. The van der Waals surface area contributed by atoms with Crippen LogP contribution in [0.15, 0.2) is 48.5 Å². The smallest absolute Gasteiger partial charge is 0.224 e. The van der Waals surface area contributed by atoms with Crippen LogP contribution in [-0.2, 0) is 24.3 Å². The molecule has 1 amide bonds. The SMILES string of the molecule is NCc1ccc(CNC(=O)Cc2ccc(Cl)cc2)cc1. The molecule has 2 rings (SSSR count). The number of rotatable bonds is 5. The van der Waals surface area contributed by atoms with Crippen molar-refractivity contribution in [3.63, 3.8) is 0 Å². The van der Waals surface area contributed by atoms with Gasteiger partial charge < -0.3 is 11.1 Å². The molecule has 0 spiro atoms. The van der Waals surface area contributed by atoms with Crippen molar-refractivity contribution >= 4 is 17.5 Å². The lowest BCUT2D eigenvalue weighted by atomic mass is 10.1. The first-order valence-electron chi connectivity index (χ1n) is 6.46. The Kier molecular flexibility index (Phi) is 5.16. The van der Waals surface area contributed by atoms with Crippen LogP contribution in [0.5, 0.6) is 0 Å². The van der Waals surface area contributed by atoms with Crippen molar-refractivity contribution in [2.24, 2.45) is 5.73 Å². The van der Waals surface area contributed by atoms with Gasteiger partial charge in [0.15, 0.2) is 0 Å². The summed E-state index contributed by atoms with van der Waals surface area (Å²) in [5.74, 6) is -0.00442. The molecule has 104 valence electrons. The van der Waals surface area contributed by atoms with Crippen molar-refractivity contribution in [1.29, 1.82) is 0 Å². The Morgan fingerprint density at radius 1 is 0.950 bits per heavy atom. The fourth-order valence-corrected chi connectivity index (χ4v) is 1.97. The van der Waals surface area contributed by atoms with Crippen molar-refractivity contribution in [3.05, 3.63) is 70.2 Å². The third kappa shape index (κ3) is 4.37. The van der Waals surface area contributed by atoms with Gasteiger partial charge in [0, 0.05) is 18.1 Å². The van der Waals surface area contributed by atoms with Gasteiger partial charge in [0.25, 0.3) is 0 Å². The summed E-state index contributed by atoms with van der Waals surface area (Å²) >= 11 is 5.80. The first-order valence-corrected chi connectivity index (χ1v) is 6.84. The van der Waals surface area contributed by atoms with E-state index in [2.05, 4.69) is 5.32 Å². The molecule has 20 heavy (non-hydrogen) atoms. The van der Waals surface area contributed by atoms with Crippen LogP contribution < -0.4 is 11.1 Å². The zero-order chi connectivity index (χ0) is 14.4. The van der Waals surface area contributed by atoms with E-state index in [9.17, 15) is 4.79 Å². The minimum Gasteiger partial charge on any atom is -0.352 e. The van der Waals surface area contributed by atoms with Gasteiger partial charge in [-0.25, -0.2) is 0 Å². The zero-order valence-corrected chi connectivity index (χ0v) is 11.9. The summed E-state index contributed by atoms with van der Waals surface area (Å²) in [5.41, 5.74) is 8.64. The molecule has 4 heteroatoms. The fourth-order valence-electron chi connectivity index (χ4n) is 1.84. The number of carbonyl (C=O) groups is 1. The maximum Gasteiger partial charge on any atom is 0.224 e. The van der Waals surface area contributed by atoms with E-state index < -0.39 is 0 Å². The van der Waals surface area contributed by atoms with Gasteiger partial charge in [0.1, 0.15) is 0 Å². The molecule has 0 aliphatic carbocycles. The molecule has 0 saturated heterocycles. The van der Waals surface area contributed by atoms with Crippen molar-refractivity contribution in [2.75, 3.05) is 0 Å². The highest BCUT2D eigenvalue weighted by atomic mass is 35.5. The van der Waals surface area contributed by atoms with Crippen LogP contribution in [-0.4, -0.2) is 5.91 Å². The second-order valence-electron chi connectivity index (χ2n) is 4.60. The number of amides is 1. The largest absolute Gasteiger partial charge is 0.352 e. The topological polar surface area (TPSA) is 55.1 Å². The Hall–Kier alpha value is -1.84. The molecule has 3 N–H and O–H groups in total. The molecular formula is C16H17ClN2O. The molecule has 0 heterocycles. The summed E-state index contributed by atoms with van der Waals surface area (Å²) in [5, 5.41) is 3.57. The quantitative estimate of drug-likeness (QED) is 0.889. The molecule has 0 fully saturated rings. The number of carbonyl (C=O) groups excluding carboxylic acids is 1. The maximum atomic E-state index is 11.8. The van der Waals surface area contributed by atoms with Crippen LogP contribution in [0.4, 0.5) is 0 Å². The third-order valence-electron chi connectivity index (χ3n) is 3.03. The molecule has 0 aliphatic rings. The van der Waals surface area contributed by atoms with Crippen LogP contribution >= 0.6 is 11.6 Å². The Morgan fingerprint density at radius 3 is 2.10 bits per heavy atom. The van der Waals surface area contributed by atoms with E-state index >= 15 is 0 Å². The standard InChI is InChI=1S/C16H17ClN2O/c17-15-7-5-12(6-8-15)9-16(20)19-11-14-3-1-13(10-18)2-4-14/h1-8H,9-11,18H2,(H,19,20). The van der Waals surface area contributed by atoms with Crippen molar-refractivity contribution in [1.82, 2.24) is 5.32 Å². The lowest BCUT2D eigenvalue weighted by Crippen LogP contribution is -2.24. The summed E-state index contributed by atoms with van der Waals surface area (Å²) in [6.45, 7) is 1.06. The summed E-state index contributed by atoms with van der Waals surface area (Å²) in [6.07, 6.45) is 0.359. The van der Waals surface area contributed by atoms with Gasteiger partial charge in [-0.3, -0.25) is 4.79 Å². The summed E-state index contributed by atoms with van der Waals surface area (Å²) < 4.78 is 0. The third-order valence-corrected chi connectivity index (χ3v) is 3.28. The zero-order valence-electron chi connectivity index (χ0n) is 11.1. The molecule has 0 atom stereocenters. The highest BCUT2D eigenvalue weighted by molar-refractivity contribution is 6.30. The number of hydrogen-bond donors (Lipinski definition) is 2. The lowest BCUT2D eigenvalue weighted by Gasteiger charge is -2.06. The predicted octanol–water partition coefficient (Wildman–Crippen LogP) is 2.66. The van der Waals surface area contributed by atoms with E-state index in [1.807, 2.05) is 36.4 Å². The Bertz CT molecular complexity index is 564. The van der Waals surface area contributed by atoms with Gasteiger partial charge >= 0.3 is 0 Å². The van der Waals surface area contributed by atoms with Crippen LogP contribution in [0, 0.1) is 0 Å². The van der Waals surface area contributed by atoms with Crippen LogP contribution in [0.1, 0.15) is 16.7 Å². The molecule has 2 aromatic carbocycles. The van der Waals surface area contributed by atoms with Gasteiger partial charge in [-0.05, 0) is 28.8 Å². The molecule has 3 nitrogen and oxygen atoms in total. The molecule has 0 aromatic heterocycles. The monoisotopic (exact) mass is 288 g/mol. The molecule has 0 unspecified atom stereocenters. The van der Waals surface area contributed by atoms with Gasteiger partial charge in [-0.15, -0.1) is 0 Å². The summed E-state index contributed by atoms with van der Waals surface area (Å²) in [4.78, 5) is 11.8. The predicted molar refractivity (Wildman–Crippen MR) is 81.3 cm³/mol. The highest BCUT2D eigenvalue weighted by Crippen LogP contribution is 2.10. The van der Waals surface area contributed by atoms with Gasteiger partial charge in [0.2, 0.25) is 5.91 Å². The van der Waals surface area contributed by atoms with Crippen molar-refractivity contribution in [2.45, 2.75) is 19.5 Å². The van der Waals surface area contributed by atoms with E-state index in [0.717, 1.165) is 16.7 Å². The van der Waals surface area contributed by atoms with Gasteiger partial charge in [-0.1, -0.05) is 48.0 Å². The number of benzene rings is 2. The second kappa shape index (κ2) is 7.08. The highest BCUT2D eigenvalue weighted by Gasteiger charge is 2.03. The number of hydrogen-bond acceptors (Lipinski definition) is 2. The molecule has 0 radical (unpaired) electrons. The maximum absolute atomic E-state index is 11.8. The van der Waals surface area contributed by atoms with E-state index in [-0.39, 0.29) is 5.91 Å². The van der Waals surface area contributed by atoms with Crippen LogP contribution in [0.25, 0.3) is 0 Å². The minimum atomic E-state index is -0.00442. The van der Waals surface area contributed by atoms with Crippen molar-refractivity contribution in [3.8, 4) is 0 Å². The summed E-state index contributed by atoms with van der Waals surface area (Å²) in [7, 11) is 0. The summed E-state index contributed by atoms with van der Waals surface area (Å²) in [6, 6.07) is 15.2. The fraction of sp³-hybridized carbons (Fsp3) is 0.188. The Balaban J connectivity index is 1.83. The lowest BCUT2D eigenvalue weighted by molar-refractivity contribution is -0.120. The Labute approximate surface area is 123 Å². The minimum absolute atomic E-state index is 0.00442. The van der Waals surface area contributed by atoms with Crippen molar-refractivity contribution < 1.29 is 4.79 Å². The average Bonchev–Trinajstić information content (AvgIpc) is 2.48. The average molecular weight is 289 g/mol. The molecule has 0 bridgehead atoms. The van der Waals surface area contributed by atoms with Crippen LogP contribution in [0.3, 0.4) is 0 Å². The molecular weight excluding hydrogens is 272 g/mol. The van der Waals surface area contributed by atoms with E-state index in [1.54, 1.807) is 12.1 Å². The van der Waals surface area contributed by atoms with Gasteiger partial charge in [0.05, 0.1) is 6.42 Å². The first-order chi connectivity index (χ1) is 9.67. The number of halogens is 1. The number of nitrogens with one attached hydrogen (secondary N) is 1. The second-order valence-corrected chi connectivity index (χ2v) is 5.04. The van der Waals surface area contributed by atoms with Gasteiger partial charge in [-0.2, -0.15) is 0 Å². The molecule has 0 aliphatic heterocycles. The van der Waals surface area contributed by atoms with E-state index in [1.165, 1.54) is 0 Å². The Morgan fingerprint density at radius 2 is 1.50 bits per heavy atom. The van der Waals surface area contributed by atoms with E-state index in [0.29, 0.717) is 24.5 Å². The normalized spacial score (nSPS) is 10.3. The van der Waals surface area contributed by atoms with Crippen LogP contribution in [0.2, 0.25) is 5.02 Å². The number of nitrogens with two attached hydrogens (primary N) is 1. The molecule has 0 saturated carbocycles. The first kappa shape index (κ1) is 14.6. The van der Waals surface area contributed by atoms with E-state index in [4.69, 9.17) is 17.3 Å².